The van der Waals surface area contributed by atoms with Crippen molar-refractivity contribution in [2.24, 2.45) is 0 Å². The van der Waals surface area contributed by atoms with Crippen molar-refractivity contribution in [1.29, 1.82) is 0 Å². The second kappa shape index (κ2) is 7.43. The third kappa shape index (κ3) is 4.12. The molecule has 1 unspecified atom stereocenters. The molecule has 1 N–H and O–H groups in total. The van der Waals surface area contributed by atoms with Gasteiger partial charge in [-0.3, -0.25) is 14.5 Å². The van der Waals surface area contributed by atoms with Crippen LogP contribution in [0.4, 0.5) is 14.9 Å². The fraction of sp³-hybridized carbons (Fsp3) is 0.471. The molecule has 2 atom stereocenters. The highest BCUT2D eigenvalue weighted by atomic mass is 32.2. The minimum absolute atomic E-state index is 0.0867. The van der Waals surface area contributed by atoms with Crippen molar-refractivity contribution in [3.8, 4) is 0 Å². The summed E-state index contributed by atoms with van der Waals surface area (Å²) in [5, 5.41) is 2.68. The van der Waals surface area contributed by atoms with Gasteiger partial charge in [0.15, 0.2) is 5.12 Å². The van der Waals surface area contributed by atoms with Crippen LogP contribution in [0.1, 0.15) is 31.2 Å². The van der Waals surface area contributed by atoms with Gasteiger partial charge in [-0.15, -0.1) is 0 Å². The Bertz CT molecular complexity index is 712. The molecule has 0 aromatic heterocycles. The Kier molecular flexibility index (Phi) is 5.27. The molecule has 2 heterocycles. The van der Waals surface area contributed by atoms with Crippen molar-refractivity contribution in [3.63, 3.8) is 0 Å². The summed E-state index contributed by atoms with van der Waals surface area (Å²) in [6.07, 6.45) is 0.0711. The molecule has 2 amide bonds. The highest BCUT2D eigenvalue weighted by molar-refractivity contribution is 8.13. The maximum Gasteiger partial charge on any atom is 0.414 e. The average Bonchev–Trinajstić information content (AvgIpc) is 2.94. The second-order valence-corrected chi connectivity index (χ2v) is 7.32. The predicted molar refractivity (Wildman–Crippen MR) is 92.1 cm³/mol. The van der Waals surface area contributed by atoms with Crippen molar-refractivity contribution in [3.05, 3.63) is 29.6 Å². The SMILES string of the molecule is CC(=O)NC[C@H]1CN(c2ccc(C3CCSC(=O)C3)c(F)c2)C(=O)O1. The summed E-state index contributed by atoms with van der Waals surface area (Å²) in [6.45, 7) is 1.85. The van der Waals surface area contributed by atoms with Crippen LogP contribution in [0, 0.1) is 5.82 Å². The number of benzene rings is 1. The van der Waals surface area contributed by atoms with Crippen LogP contribution in [0.3, 0.4) is 0 Å². The average molecular weight is 366 g/mol. The fourth-order valence-electron chi connectivity index (χ4n) is 3.05. The molecule has 6 nitrogen and oxygen atoms in total. The molecule has 134 valence electrons. The first-order valence-electron chi connectivity index (χ1n) is 8.11. The smallest absolute Gasteiger partial charge is 0.414 e. The van der Waals surface area contributed by atoms with Gasteiger partial charge in [0.25, 0.3) is 0 Å². The number of ether oxygens (including phenoxy) is 1. The highest BCUT2D eigenvalue weighted by Gasteiger charge is 2.33. The summed E-state index contributed by atoms with van der Waals surface area (Å²) >= 11 is 1.29. The van der Waals surface area contributed by atoms with E-state index in [-0.39, 0.29) is 30.0 Å². The van der Waals surface area contributed by atoms with Gasteiger partial charge in [-0.2, -0.15) is 0 Å². The quantitative estimate of drug-likeness (QED) is 0.886. The molecule has 1 aromatic rings. The first-order chi connectivity index (χ1) is 11.9. The lowest BCUT2D eigenvalue weighted by Gasteiger charge is -2.22. The van der Waals surface area contributed by atoms with E-state index in [1.54, 1.807) is 12.1 Å². The van der Waals surface area contributed by atoms with Crippen LogP contribution in [0.5, 0.6) is 0 Å². The van der Waals surface area contributed by atoms with Crippen LogP contribution >= 0.6 is 11.8 Å². The fourth-order valence-corrected chi connectivity index (χ4v) is 4.00. The number of thioether (sulfide) groups is 1. The molecule has 3 rings (SSSR count). The van der Waals surface area contributed by atoms with E-state index in [9.17, 15) is 18.8 Å². The number of nitrogens with zero attached hydrogens (tertiary/aromatic N) is 1. The van der Waals surface area contributed by atoms with Crippen LogP contribution in [0.2, 0.25) is 0 Å². The summed E-state index contributed by atoms with van der Waals surface area (Å²) in [4.78, 5) is 35.9. The monoisotopic (exact) mass is 366 g/mol. The molecule has 0 radical (unpaired) electrons. The van der Waals surface area contributed by atoms with E-state index in [1.165, 1.54) is 29.7 Å². The molecule has 0 saturated carbocycles. The first-order valence-corrected chi connectivity index (χ1v) is 9.10. The van der Waals surface area contributed by atoms with E-state index in [1.807, 2.05) is 0 Å². The maximum atomic E-state index is 14.5. The van der Waals surface area contributed by atoms with Crippen molar-refractivity contribution < 1.29 is 23.5 Å². The summed E-state index contributed by atoms with van der Waals surface area (Å²) in [7, 11) is 0. The minimum atomic E-state index is -0.563. The molecule has 1 aromatic carbocycles. The van der Waals surface area contributed by atoms with E-state index in [0.717, 1.165) is 6.42 Å². The van der Waals surface area contributed by atoms with Crippen molar-refractivity contribution in [2.75, 3.05) is 23.7 Å². The predicted octanol–water partition coefficient (Wildman–Crippen LogP) is 2.42. The molecule has 25 heavy (non-hydrogen) atoms. The van der Waals surface area contributed by atoms with Crippen LogP contribution in [0.15, 0.2) is 18.2 Å². The van der Waals surface area contributed by atoms with E-state index in [4.69, 9.17) is 4.74 Å². The summed E-state index contributed by atoms with van der Waals surface area (Å²) < 4.78 is 19.7. The summed E-state index contributed by atoms with van der Waals surface area (Å²) in [5.41, 5.74) is 0.924. The largest absolute Gasteiger partial charge is 0.442 e. The Morgan fingerprint density at radius 1 is 1.44 bits per heavy atom. The van der Waals surface area contributed by atoms with Gasteiger partial charge < -0.3 is 10.1 Å². The number of rotatable bonds is 4. The molecule has 0 aliphatic carbocycles. The van der Waals surface area contributed by atoms with Gasteiger partial charge in [0, 0.05) is 19.1 Å². The van der Waals surface area contributed by atoms with Crippen molar-refractivity contribution in [1.82, 2.24) is 5.32 Å². The zero-order valence-corrected chi connectivity index (χ0v) is 14.6. The van der Waals surface area contributed by atoms with Gasteiger partial charge in [-0.25, -0.2) is 9.18 Å². The van der Waals surface area contributed by atoms with Crippen LogP contribution in [0.25, 0.3) is 0 Å². The molecule has 0 bridgehead atoms. The number of amides is 2. The van der Waals surface area contributed by atoms with E-state index < -0.39 is 18.0 Å². The number of cyclic esters (lactones) is 1. The summed E-state index contributed by atoms with van der Waals surface area (Å²) in [6, 6.07) is 4.63. The Hall–Kier alpha value is -2.09. The molecular formula is C17H19FN2O4S. The number of hydrogen-bond donors (Lipinski definition) is 1. The van der Waals surface area contributed by atoms with Gasteiger partial charge in [0.2, 0.25) is 5.91 Å². The third-order valence-corrected chi connectivity index (χ3v) is 5.26. The summed E-state index contributed by atoms with van der Waals surface area (Å²) in [5.74, 6) is -0.0280. The van der Waals surface area contributed by atoms with E-state index in [0.29, 0.717) is 23.4 Å². The zero-order chi connectivity index (χ0) is 18.0. The molecular weight excluding hydrogens is 347 g/mol. The van der Waals surface area contributed by atoms with Crippen LogP contribution in [-0.4, -0.2) is 42.1 Å². The standard InChI is InChI=1S/C17H19FN2O4S/c1-10(21)19-8-13-9-20(17(23)24-13)12-2-3-14(15(18)7-12)11-4-5-25-16(22)6-11/h2-3,7,11,13H,4-6,8-9H2,1H3,(H,19,21)/t11?,13-/m0/s1. The molecule has 2 aliphatic rings. The van der Waals surface area contributed by atoms with Gasteiger partial charge in [0.05, 0.1) is 18.8 Å². The van der Waals surface area contributed by atoms with Gasteiger partial charge in [0.1, 0.15) is 11.9 Å². The Labute approximate surface area is 149 Å². The number of halogens is 1. The molecule has 0 spiro atoms. The molecule has 2 saturated heterocycles. The number of carbonyl (C=O) groups excluding carboxylic acids is 3. The van der Waals surface area contributed by atoms with E-state index in [2.05, 4.69) is 5.32 Å². The lowest BCUT2D eigenvalue weighted by Crippen LogP contribution is -2.33. The first kappa shape index (κ1) is 17.7. The number of anilines is 1. The third-order valence-electron chi connectivity index (χ3n) is 4.33. The Balaban J connectivity index is 1.71. The number of nitrogens with one attached hydrogen (secondary N) is 1. The highest BCUT2D eigenvalue weighted by Crippen LogP contribution is 2.35. The minimum Gasteiger partial charge on any atom is -0.442 e. The van der Waals surface area contributed by atoms with Gasteiger partial charge >= 0.3 is 6.09 Å². The van der Waals surface area contributed by atoms with Gasteiger partial charge in [-0.1, -0.05) is 17.8 Å². The molecule has 8 heteroatoms. The topological polar surface area (TPSA) is 75.7 Å². The lowest BCUT2D eigenvalue weighted by molar-refractivity contribution is -0.119. The maximum absolute atomic E-state index is 14.5. The Morgan fingerprint density at radius 2 is 2.24 bits per heavy atom. The number of carbonyl (C=O) groups is 3. The van der Waals surface area contributed by atoms with Crippen molar-refractivity contribution >= 4 is 34.6 Å². The zero-order valence-electron chi connectivity index (χ0n) is 13.8. The lowest BCUT2D eigenvalue weighted by atomic mass is 9.92. The van der Waals surface area contributed by atoms with Crippen LogP contribution in [-0.2, 0) is 14.3 Å². The second-order valence-electron chi connectivity index (χ2n) is 6.17. The van der Waals surface area contributed by atoms with E-state index >= 15 is 0 Å². The molecule has 2 fully saturated rings. The van der Waals surface area contributed by atoms with Gasteiger partial charge in [-0.05, 0) is 30.0 Å². The van der Waals surface area contributed by atoms with Crippen molar-refractivity contribution in [2.45, 2.75) is 31.8 Å². The molecule has 2 aliphatic heterocycles. The normalized spacial score (nSPS) is 23.5. The van der Waals surface area contributed by atoms with Crippen LogP contribution < -0.4 is 10.2 Å². The Morgan fingerprint density at radius 3 is 2.92 bits per heavy atom. The number of hydrogen-bond acceptors (Lipinski definition) is 5.